The molecular formula is C19H18N8O. The number of likely N-dealkylation sites (tertiary alicyclic amines) is 1. The molecule has 140 valence electrons. The molecule has 1 fully saturated rings. The molecule has 1 saturated heterocycles. The van der Waals surface area contributed by atoms with Crippen molar-refractivity contribution in [1.29, 1.82) is 0 Å². The largest absolute Gasteiger partial charge is 0.334 e. The molecule has 1 amide bonds. The van der Waals surface area contributed by atoms with E-state index in [0.717, 1.165) is 22.3 Å². The second kappa shape index (κ2) is 6.52. The number of nitrogens with zero attached hydrogens (tertiary/aromatic N) is 8. The van der Waals surface area contributed by atoms with Crippen LogP contribution in [0.3, 0.4) is 0 Å². The molecule has 0 aliphatic carbocycles. The number of aromatic nitrogens is 7. The van der Waals surface area contributed by atoms with Crippen molar-refractivity contribution < 1.29 is 4.79 Å². The van der Waals surface area contributed by atoms with E-state index in [-0.39, 0.29) is 11.9 Å². The Morgan fingerprint density at radius 1 is 1.14 bits per heavy atom. The second-order valence-electron chi connectivity index (χ2n) is 6.94. The third-order valence-electron chi connectivity index (χ3n) is 4.94. The lowest BCUT2D eigenvalue weighted by Gasteiger charge is -2.39. The standard InChI is InChI=1S/C19H18N8O/c1-13-5-6-14-3-2-4-17(18(14)22-13)19(28)25-11-16(12-25)26-9-15(23-24-26)10-27-20-7-8-21-27/h2-9,16H,10-12H2,1H3. The van der Waals surface area contributed by atoms with Gasteiger partial charge in [0.05, 0.1) is 35.7 Å². The van der Waals surface area contributed by atoms with E-state index in [1.54, 1.807) is 17.2 Å². The molecule has 4 heterocycles. The lowest BCUT2D eigenvalue weighted by molar-refractivity contribution is 0.0500. The molecule has 1 aliphatic rings. The van der Waals surface area contributed by atoms with Crippen LogP contribution in [0.25, 0.3) is 10.9 Å². The first-order chi connectivity index (χ1) is 13.7. The van der Waals surface area contributed by atoms with Crippen molar-refractivity contribution >= 4 is 16.8 Å². The number of fused-ring (bicyclic) bond motifs is 1. The smallest absolute Gasteiger partial charge is 0.256 e. The van der Waals surface area contributed by atoms with E-state index in [1.807, 2.05) is 53.0 Å². The molecular weight excluding hydrogens is 356 g/mol. The van der Waals surface area contributed by atoms with Gasteiger partial charge in [-0.05, 0) is 19.1 Å². The molecule has 0 atom stereocenters. The van der Waals surface area contributed by atoms with E-state index in [0.29, 0.717) is 25.2 Å². The SMILES string of the molecule is Cc1ccc2cccc(C(=O)N3CC(n4cc(Cn5nccn5)nn4)C3)c2n1. The van der Waals surface area contributed by atoms with Crippen LogP contribution in [0.1, 0.15) is 27.8 Å². The Hall–Kier alpha value is -3.62. The van der Waals surface area contributed by atoms with Crippen LogP contribution in [0.5, 0.6) is 0 Å². The Kier molecular flexibility index (Phi) is 3.85. The molecule has 3 aromatic heterocycles. The van der Waals surface area contributed by atoms with E-state index in [9.17, 15) is 4.79 Å². The molecule has 0 saturated carbocycles. The summed E-state index contributed by atoms with van der Waals surface area (Å²) in [5.41, 5.74) is 3.08. The average Bonchev–Trinajstić information content (AvgIpc) is 3.32. The number of carbonyl (C=O) groups excluding carboxylic acids is 1. The third kappa shape index (κ3) is 2.90. The molecule has 28 heavy (non-hydrogen) atoms. The third-order valence-corrected chi connectivity index (χ3v) is 4.94. The first-order valence-electron chi connectivity index (χ1n) is 9.08. The molecule has 5 rings (SSSR count). The van der Waals surface area contributed by atoms with Crippen LogP contribution in [-0.4, -0.2) is 58.9 Å². The van der Waals surface area contributed by atoms with E-state index in [4.69, 9.17) is 0 Å². The van der Waals surface area contributed by atoms with Gasteiger partial charge in [-0.3, -0.25) is 9.78 Å². The maximum absolute atomic E-state index is 13.0. The summed E-state index contributed by atoms with van der Waals surface area (Å²) >= 11 is 0. The van der Waals surface area contributed by atoms with Gasteiger partial charge in [0.15, 0.2) is 0 Å². The van der Waals surface area contributed by atoms with Gasteiger partial charge in [0.1, 0.15) is 12.2 Å². The number of hydrogen-bond acceptors (Lipinski definition) is 6. The zero-order valence-electron chi connectivity index (χ0n) is 15.3. The summed E-state index contributed by atoms with van der Waals surface area (Å²) in [4.78, 5) is 20.9. The number of amides is 1. The lowest BCUT2D eigenvalue weighted by Crippen LogP contribution is -2.51. The van der Waals surface area contributed by atoms with Crippen molar-refractivity contribution in [2.75, 3.05) is 13.1 Å². The van der Waals surface area contributed by atoms with Gasteiger partial charge in [0.25, 0.3) is 5.91 Å². The van der Waals surface area contributed by atoms with Gasteiger partial charge in [0, 0.05) is 24.2 Å². The van der Waals surface area contributed by atoms with Gasteiger partial charge < -0.3 is 4.90 Å². The van der Waals surface area contributed by atoms with Crippen LogP contribution < -0.4 is 0 Å². The summed E-state index contributed by atoms with van der Waals surface area (Å²) in [6.45, 7) is 3.61. The second-order valence-corrected chi connectivity index (χ2v) is 6.94. The first kappa shape index (κ1) is 16.5. The number of para-hydroxylation sites is 1. The molecule has 0 spiro atoms. The molecule has 4 aromatic rings. The van der Waals surface area contributed by atoms with Gasteiger partial charge in [-0.15, -0.1) is 5.10 Å². The fourth-order valence-corrected chi connectivity index (χ4v) is 3.41. The van der Waals surface area contributed by atoms with Crippen molar-refractivity contribution in [1.82, 2.24) is 39.9 Å². The minimum absolute atomic E-state index is 0.000954. The van der Waals surface area contributed by atoms with Crippen molar-refractivity contribution in [3.05, 3.63) is 65.9 Å². The Morgan fingerprint density at radius 2 is 1.96 bits per heavy atom. The number of carbonyl (C=O) groups is 1. The quantitative estimate of drug-likeness (QED) is 0.537. The predicted octanol–water partition coefficient (Wildman–Crippen LogP) is 1.47. The van der Waals surface area contributed by atoms with Gasteiger partial charge in [0.2, 0.25) is 0 Å². The lowest BCUT2D eigenvalue weighted by atomic mass is 10.0. The number of benzene rings is 1. The molecule has 9 nitrogen and oxygen atoms in total. The average molecular weight is 374 g/mol. The summed E-state index contributed by atoms with van der Waals surface area (Å²) < 4.78 is 1.81. The van der Waals surface area contributed by atoms with Crippen LogP contribution in [0.4, 0.5) is 0 Å². The van der Waals surface area contributed by atoms with Crippen molar-refractivity contribution in [2.24, 2.45) is 0 Å². The first-order valence-corrected chi connectivity index (χ1v) is 9.08. The molecule has 1 aliphatic heterocycles. The fraction of sp³-hybridized carbons (Fsp3) is 0.263. The van der Waals surface area contributed by atoms with Crippen LogP contribution >= 0.6 is 0 Å². The highest BCUT2D eigenvalue weighted by atomic mass is 16.2. The van der Waals surface area contributed by atoms with Crippen LogP contribution in [0.2, 0.25) is 0 Å². The Bertz CT molecular complexity index is 1140. The summed E-state index contributed by atoms with van der Waals surface area (Å²) in [5, 5.41) is 17.5. The van der Waals surface area contributed by atoms with Gasteiger partial charge in [-0.1, -0.05) is 23.4 Å². The molecule has 9 heteroatoms. The highest BCUT2D eigenvalue weighted by Gasteiger charge is 2.34. The van der Waals surface area contributed by atoms with Crippen LogP contribution in [0.15, 0.2) is 48.9 Å². The summed E-state index contributed by atoms with van der Waals surface area (Å²) in [6.07, 6.45) is 5.14. The minimum atomic E-state index is 0.000954. The van der Waals surface area contributed by atoms with E-state index >= 15 is 0 Å². The van der Waals surface area contributed by atoms with Gasteiger partial charge in [-0.2, -0.15) is 15.0 Å². The maximum atomic E-state index is 13.0. The summed E-state index contributed by atoms with van der Waals surface area (Å²) in [7, 11) is 0. The topological polar surface area (TPSA) is 94.6 Å². The Balaban J connectivity index is 1.29. The van der Waals surface area contributed by atoms with E-state index < -0.39 is 0 Å². The van der Waals surface area contributed by atoms with Crippen molar-refractivity contribution in [2.45, 2.75) is 19.5 Å². The number of hydrogen-bond donors (Lipinski definition) is 0. The van der Waals surface area contributed by atoms with E-state index in [1.165, 1.54) is 0 Å². The molecule has 1 aromatic carbocycles. The van der Waals surface area contributed by atoms with Crippen LogP contribution in [-0.2, 0) is 6.54 Å². The van der Waals surface area contributed by atoms with Gasteiger partial charge in [-0.25, -0.2) is 4.68 Å². The molecule has 0 bridgehead atoms. The van der Waals surface area contributed by atoms with Gasteiger partial charge >= 0.3 is 0 Å². The van der Waals surface area contributed by atoms with Crippen molar-refractivity contribution in [3.8, 4) is 0 Å². The van der Waals surface area contributed by atoms with E-state index in [2.05, 4.69) is 25.5 Å². The maximum Gasteiger partial charge on any atom is 0.256 e. The van der Waals surface area contributed by atoms with Crippen molar-refractivity contribution in [3.63, 3.8) is 0 Å². The number of rotatable bonds is 4. The predicted molar refractivity (Wildman–Crippen MR) is 101 cm³/mol. The number of aryl methyl sites for hydroxylation is 1. The highest BCUT2D eigenvalue weighted by molar-refractivity contribution is 6.05. The summed E-state index contributed by atoms with van der Waals surface area (Å²) in [5.74, 6) is 0.000954. The normalized spacial score (nSPS) is 14.4. The molecule has 0 unspecified atom stereocenters. The Labute approximate surface area is 160 Å². The molecule has 0 N–H and O–H groups in total. The van der Waals surface area contributed by atoms with Crippen LogP contribution in [0, 0.1) is 6.92 Å². The molecule has 0 radical (unpaired) electrons. The Morgan fingerprint density at radius 3 is 2.79 bits per heavy atom. The highest BCUT2D eigenvalue weighted by Crippen LogP contribution is 2.25. The summed E-state index contributed by atoms with van der Waals surface area (Å²) in [6, 6.07) is 9.80. The zero-order valence-corrected chi connectivity index (χ0v) is 15.3. The monoisotopic (exact) mass is 374 g/mol. The number of pyridine rings is 1. The minimum Gasteiger partial charge on any atom is -0.334 e. The fourth-order valence-electron chi connectivity index (χ4n) is 3.41. The zero-order chi connectivity index (χ0) is 19.1.